The highest BCUT2D eigenvalue weighted by Gasteiger charge is 2.27. The number of nitrogens with one attached hydrogen (secondary N) is 1. The molecule has 106 valence electrons. The van der Waals surface area contributed by atoms with Crippen LogP contribution in [-0.4, -0.2) is 60.6 Å². The minimum absolute atomic E-state index is 0.337. The summed E-state index contributed by atoms with van der Waals surface area (Å²) in [4.78, 5) is 5.26. The summed E-state index contributed by atoms with van der Waals surface area (Å²) in [7, 11) is 0. The van der Waals surface area contributed by atoms with Crippen molar-refractivity contribution in [2.45, 2.75) is 52.1 Å². The Morgan fingerprint density at radius 2 is 1.78 bits per heavy atom. The zero-order valence-electron chi connectivity index (χ0n) is 12.7. The summed E-state index contributed by atoms with van der Waals surface area (Å²) in [6.07, 6.45) is 2.72. The van der Waals surface area contributed by atoms with E-state index in [9.17, 15) is 0 Å². The average molecular weight is 253 g/mol. The lowest BCUT2D eigenvalue weighted by Gasteiger charge is -2.43. The van der Waals surface area contributed by atoms with Gasteiger partial charge in [0.05, 0.1) is 0 Å². The number of piperidine rings is 1. The van der Waals surface area contributed by atoms with Gasteiger partial charge in [0.1, 0.15) is 0 Å². The molecule has 2 atom stereocenters. The van der Waals surface area contributed by atoms with Crippen LogP contribution in [0.2, 0.25) is 0 Å². The summed E-state index contributed by atoms with van der Waals surface area (Å²) >= 11 is 0. The van der Waals surface area contributed by atoms with E-state index in [4.69, 9.17) is 0 Å². The van der Waals surface area contributed by atoms with Crippen LogP contribution in [0.15, 0.2) is 0 Å². The maximum absolute atomic E-state index is 3.68. The Bertz CT molecular complexity index is 251. The number of piperazine rings is 1. The van der Waals surface area contributed by atoms with E-state index in [0.717, 1.165) is 12.0 Å². The Morgan fingerprint density at radius 1 is 1.11 bits per heavy atom. The van der Waals surface area contributed by atoms with Crippen LogP contribution in [-0.2, 0) is 0 Å². The molecule has 0 aromatic rings. The van der Waals surface area contributed by atoms with Gasteiger partial charge in [-0.3, -0.25) is 9.80 Å². The molecule has 2 aliphatic heterocycles. The van der Waals surface area contributed by atoms with Gasteiger partial charge in [-0.15, -0.1) is 0 Å². The van der Waals surface area contributed by atoms with Crippen molar-refractivity contribution in [1.29, 1.82) is 0 Å². The summed E-state index contributed by atoms with van der Waals surface area (Å²) in [5.74, 6) is 0.909. The lowest BCUT2D eigenvalue weighted by atomic mass is 9.94. The molecule has 2 heterocycles. The van der Waals surface area contributed by atoms with E-state index in [2.05, 4.69) is 42.8 Å². The highest BCUT2D eigenvalue weighted by atomic mass is 15.3. The third kappa shape index (κ3) is 3.94. The molecular weight excluding hydrogens is 222 g/mol. The Morgan fingerprint density at radius 3 is 2.33 bits per heavy atom. The quantitative estimate of drug-likeness (QED) is 0.809. The second kappa shape index (κ2) is 5.89. The first-order valence-corrected chi connectivity index (χ1v) is 7.66. The molecule has 0 spiro atoms. The number of rotatable bonds is 2. The molecule has 2 rings (SSSR count). The molecule has 0 aromatic heterocycles. The van der Waals surface area contributed by atoms with Crippen LogP contribution in [0.1, 0.15) is 40.5 Å². The van der Waals surface area contributed by atoms with Gasteiger partial charge < -0.3 is 5.32 Å². The number of hydrogen-bond donors (Lipinski definition) is 1. The highest BCUT2D eigenvalue weighted by Crippen LogP contribution is 2.18. The van der Waals surface area contributed by atoms with Crippen LogP contribution in [0, 0.1) is 5.92 Å². The molecule has 18 heavy (non-hydrogen) atoms. The highest BCUT2D eigenvalue weighted by molar-refractivity contribution is 4.85. The van der Waals surface area contributed by atoms with Gasteiger partial charge >= 0.3 is 0 Å². The van der Waals surface area contributed by atoms with Crippen LogP contribution in [0.25, 0.3) is 0 Å². The van der Waals surface area contributed by atoms with E-state index in [1.54, 1.807) is 0 Å². The second-order valence-corrected chi connectivity index (χ2v) is 7.24. The van der Waals surface area contributed by atoms with Gasteiger partial charge in [-0.1, -0.05) is 6.92 Å². The first-order valence-electron chi connectivity index (χ1n) is 7.66. The van der Waals surface area contributed by atoms with E-state index in [1.807, 2.05) is 0 Å². The molecule has 0 saturated carbocycles. The molecule has 0 aromatic carbocycles. The minimum Gasteiger partial charge on any atom is -0.313 e. The SMILES string of the molecule is CC1CCNC(CN2CCN(C(C)(C)C)CC2)C1. The summed E-state index contributed by atoms with van der Waals surface area (Å²) in [5, 5.41) is 3.68. The van der Waals surface area contributed by atoms with Gasteiger partial charge in [-0.05, 0) is 46.1 Å². The summed E-state index contributed by atoms with van der Waals surface area (Å²) in [5.41, 5.74) is 0.337. The fourth-order valence-corrected chi connectivity index (χ4v) is 3.27. The molecule has 0 bridgehead atoms. The third-order valence-corrected chi connectivity index (χ3v) is 4.56. The van der Waals surface area contributed by atoms with Crippen LogP contribution in [0.5, 0.6) is 0 Å². The Labute approximate surface area is 113 Å². The maximum atomic E-state index is 3.68. The fourth-order valence-electron chi connectivity index (χ4n) is 3.27. The molecule has 2 saturated heterocycles. The van der Waals surface area contributed by atoms with E-state index in [-0.39, 0.29) is 0 Å². The van der Waals surface area contributed by atoms with Crippen molar-refractivity contribution in [3.05, 3.63) is 0 Å². The topological polar surface area (TPSA) is 18.5 Å². The van der Waals surface area contributed by atoms with Crippen LogP contribution < -0.4 is 5.32 Å². The zero-order chi connectivity index (χ0) is 13.2. The minimum atomic E-state index is 0.337. The number of nitrogens with zero attached hydrogens (tertiary/aromatic N) is 2. The molecule has 1 N–H and O–H groups in total. The molecule has 0 aliphatic carbocycles. The van der Waals surface area contributed by atoms with Gasteiger partial charge in [0.15, 0.2) is 0 Å². The van der Waals surface area contributed by atoms with Crippen molar-refractivity contribution in [3.8, 4) is 0 Å². The van der Waals surface area contributed by atoms with Crippen LogP contribution in [0.3, 0.4) is 0 Å². The molecule has 2 fully saturated rings. The second-order valence-electron chi connectivity index (χ2n) is 7.24. The fraction of sp³-hybridized carbons (Fsp3) is 1.00. The van der Waals surface area contributed by atoms with E-state index in [1.165, 1.54) is 52.1 Å². The smallest absolute Gasteiger partial charge is 0.0197 e. The van der Waals surface area contributed by atoms with E-state index in [0.29, 0.717) is 5.54 Å². The predicted octanol–water partition coefficient (Wildman–Crippen LogP) is 1.79. The van der Waals surface area contributed by atoms with Crippen molar-refractivity contribution in [2.24, 2.45) is 5.92 Å². The van der Waals surface area contributed by atoms with Crippen LogP contribution in [0.4, 0.5) is 0 Å². The van der Waals surface area contributed by atoms with E-state index >= 15 is 0 Å². The summed E-state index contributed by atoms with van der Waals surface area (Å²) in [6, 6.07) is 0.731. The van der Waals surface area contributed by atoms with Gasteiger partial charge in [0.2, 0.25) is 0 Å². The average Bonchev–Trinajstić information content (AvgIpc) is 2.28. The predicted molar refractivity (Wildman–Crippen MR) is 78.0 cm³/mol. The van der Waals surface area contributed by atoms with Gasteiger partial charge in [0.25, 0.3) is 0 Å². The lowest BCUT2D eigenvalue weighted by molar-refractivity contribution is 0.0552. The maximum Gasteiger partial charge on any atom is 0.0197 e. The summed E-state index contributed by atoms with van der Waals surface area (Å²) in [6.45, 7) is 16.8. The first-order chi connectivity index (χ1) is 8.45. The van der Waals surface area contributed by atoms with Crippen molar-refractivity contribution in [3.63, 3.8) is 0 Å². The zero-order valence-corrected chi connectivity index (χ0v) is 12.7. The standard InChI is InChI=1S/C15H31N3/c1-13-5-6-16-14(11-13)12-17-7-9-18(10-8-17)15(2,3)4/h13-14,16H,5-12H2,1-4H3. The van der Waals surface area contributed by atoms with Gasteiger partial charge in [0, 0.05) is 44.3 Å². The van der Waals surface area contributed by atoms with Crippen molar-refractivity contribution < 1.29 is 0 Å². The first kappa shape index (κ1) is 14.3. The molecule has 3 nitrogen and oxygen atoms in total. The molecule has 3 heteroatoms. The van der Waals surface area contributed by atoms with Gasteiger partial charge in [-0.2, -0.15) is 0 Å². The molecular formula is C15H31N3. The number of hydrogen-bond acceptors (Lipinski definition) is 3. The Hall–Kier alpha value is -0.120. The summed E-state index contributed by atoms with van der Waals surface area (Å²) < 4.78 is 0. The van der Waals surface area contributed by atoms with Gasteiger partial charge in [-0.25, -0.2) is 0 Å². The Balaban J connectivity index is 1.73. The molecule has 2 aliphatic rings. The van der Waals surface area contributed by atoms with E-state index < -0.39 is 0 Å². The Kier molecular flexibility index (Phi) is 4.68. The largest absolute Gasteiger partial charge is 0.313 e. The third-order valence-electron chi connectivity index (χ3n) is 4.56. The van der Waals surface area contributed by atoms with Crippen molar-refractivity contribution in [1.82, 2.24) is 15.1 Å². The lowest BCUT2D eigenvalue weighted by Crippen LogP contribution is -2.56. The molecule has 0 radical (unpaired) electrons. The van der Waals surface area contributed by atoms with Crippen molar-refractivity contribution >= 4 is 0 Å². The van der Waals surface area contributed by atoms with Crippen LogP contribution >= 0.6 is 0 Å². The molecule has 0 amide bonds. The van der Waals surface area contributed by atoms with Crippen molar-refractivity contribution in [2.75, 3.05) is 39.3 Å². The molecule has 2 unspecified atom stereocenters. The monoisotopic (exact) mass is 253 g/mol. The normalized spacial score (nSPS) is 32.7.